The molecule has 21 heavy (non-hydrogen) atoms. The summed E-state index contributed by atoms with van der Waals surface area (Å²) in [6, 6.07) is 5.79. The number of nitrogens with two attached hydrogens (primary N) is 1. The molecule has 1 saturated heterocycles. The Morgan fingerprint density at radius 1 is 1.29 bits per heavy atom. The lowest BCUT2D eigenvalue weighted by atomic mass is 9.99. The minimum Gasteiger partial charge on any atom is -0.493 e. The Hall–Kier alpha value is -1.30. The maximum absolute atomic E-state index is 6.38. The van der Waals surface area contributed by atoms with E-state index < -0.39 is 0 Å². The van der Waals surface area contributed by atoms with Gasteiger partial charge in [0.2, 0.25) is 0 Å². The number of rotatable bonds is 5. The summed E-state index contributed by atoms with van der Waals surface area (Å²) < 4.78 is 16.2. The Kier molecular flexibility index (Phi) is 5.08. The van der Waals surface area contributed by atoms with Gasteiger partial charge in [-0.05, 0) is 31.5 Å². The van der Waals surface area contributed by atoms with Crippen LogP contribution in [0.4, 0.5) is 0 Å². The van der Waals surface area contributed by atoms with Crippen molar-refractivity contribution < 1.29 is 14.2 Å². The monoisotopic (exact) mass is 294 g/mol. The topological polar surface area (TPSA) is 57.0 Å². The van der Waals surface area contributed by atoms with Crippen LogP contribution >= 0.6 is 0 Å². The van der Waals surface area contributed by atoms with Crippen molar-refractivity contribution in [1.82, 2.24) is 4.90 Å². The molecule has 5 heteroatoms. The average molecular weight is 294 g/mol. The van der Waals surface area contributed by atoms with Crippen LogP contribution in [-0.4, -0.2) is 51.0 Å². The lowest BCUT2D eigenvalue weighted by Crippen LogP contribution is -2.54. The molecule has 1 aromatic carbocycles. The Bertz CT molecular complexity index is 477. The highest BCUT2D eigenvalue weighted by Gasteiger charge is 2.31. The molecule has 1 aromatic rings. The van der Waals surface area contributed by atoms with Gasteiger partial charge in [0.25, 0.3) is 0 Å². The Morgan fingerprint density at radius 3 is 2.62 bits per heavy atom. The van der Waals surface area contributed by atoms with Crippen LogP contribution in [0.5, 0.6) is 11.5 Å². The Labute approximate surface area is 127 Å². The van der Waals surface area contributed by atoms with Gasteiger partial charge in [0.05, 0.1) is 27.4 Å². The zero-order chi connectivity index (χ0) is 15.5. The molecule has 0 bridgehead atoms. The molecular weight excluding hydrogens is 268 g/mol. The van der Waals surface area contributed by atoms with Gasteiger partial charge in [0.15, 0.2) is 11.5 Å². The summed E-state index contributed by atoms with van der Waals surface area (Å²) in [4.78, 5) is 2.39. The van der Waals surface area contributed by atoms with Crippen molar-refractivity contribution in [2.45, 2.75) is 25.4 Å². The van der Waals surface area contributed by atoms with E-state index in [1.54, 1.807) is 14.2 Å². The van der Waals surface area contributed by atoms with E-state index in [0.717, 1.165) is 37.6 Å². The third kappa shape index (κ3) is 3.67. The highest BCUT2D eigenvalue weighted by molar-refractivity contribution is 5.43. The van der Waals surface area contributed by atoms with Crippen LogP contribution in [0.3, 0.4) is 0 Å². The van der Waals surface area contributed by atoms with Gasteiger partial charge in [-0.15, -0.1) is 0 Å². The molecule has 1 aliphatic heterocycles. The van der Waals surface area contributed by atoms with Crippen molar-refractivity contribution in [3.8, 4) is 11.5 Å². The molecule has 1 atom stereocenters. The van der Waals surface area contributed by atoms with E-state index in [2.05, 4.69) is 18.7 Å². The van der Waals surface area contributed by atoms with Crippen LogP contribution in [0.15, 0.2) is 18.2 Å². The Balaban J connectivity index is 2.11. The summed E-state index contributed by atoms with van der Waals surface area (Å²) in [7, 11) is 3.27. The van der Waals surface area contributed by atoms with E-state index in [9.17, 15) is 0 Å². The van der Waals surface area contributed by atoms with Crippen molar-refractivity contribution in [3.05, 3.63) is 23.8 Å². The summed E-state index contributed by atoms with van der Waals surface area (Å²) in [6.07, 6.45) is 0. The van der Waals surface area contributed by atoms with Gasteiger partial charge in [-0.1, -0.05) is 6.07 Å². The molecule has 0 aliphatic carbocycles. The van der Waals surface area contributed by atoms with Crippen LogP contribution in [0.2, 0.25) is 0 Å². The minimum atomic E-state index is -0.0674. The fourth-order valence-corrected chi connectivity index (χ4v) is 2.66. The molecular formula is C16H26N2O3. The summed E-state index contributed by atoms with van der Waals surface area (Å²) >= 11 is 0. The highest BCUT2D eigenvalue weighted by Crippen LogP contribution is 2.30. The van der Waals surface area contributed by atoms with Gasteiger partial charge in [-0.2, -0.15) is 0 Å². The molecule has 1 aliphatic rings. The van der Waals surface area contributed by atoms with E-state index in [-0.39, 0.29) is 11.6 Å². The van der Waals surface area contributed by atoms with E-state index in [1.165, 1.54) is 0 Å². The van der Waals surface area contributed by atoms with Crippen LogP contribution in [0.1, 0.15) is 25.5 Å². The predicted octanol–water partition coefficient (Wildman–Crippen LogP) is 1.81. The second-order valence-electron chi connectivity index (χ2n) is 6.03. The van der Waals surface area contributed by atoms with Gasteiger partial charge in [-0.25, -0.2) is 0 Å². The standard InChI is InChI=1S/C16H26N2O3/c1-16(2)11-21-8-7-18(16)10-13(17)12-5-6-14(19-3)15(9-12)20-4/h5-6,9,13H,7-8,10-11,17H2,1-4H3. The van der Waals surface area contributed by atoms with E-state index >= 15 is 0 Å². The van der Waals surface area contributed by atoms with Crippen LogP contribution in [0.25, 0.3) is 0 Å². The number of ether oxygens (including phenoxy) is 3. The maximum Gasteiger partial charge on any atom is 0.161 e. The summed E-state index contributed by atoms with van der Waals surface area (Å²) in [5, 5.41) is 0. The highest BCUT2D eigenvalue weighted by atomic mass is 16.5. The van der Waals surface area contributed by atoms with Gasteiger partial charge in [0, 0.05) is 24.7 Å². The first-order chi connectivity index (χ1) is 9.97. The second-order valence-corrected chi connectivity index (χ2v) is 6.03. The molecule has 0 amide bonds. The normalized spacial score (nSPS) is 20.0. The fraction of sp³-hybridized carbons (Fsp3) is 0.625. The molecule has 118 valence electrons. The zero-order valence-electron chi connectivity index (χ0n) is 13.4. The second kappa shape index (κ2) is 6.64. The fourth-order valence-electron chi connectivity index (χ4n) is 2.66. The van der Waals surface area contributed by atoms with Crippen LogP contribution in [0, 0.1) is 0 Å². The molecule has 1 fully saturated rings. The van der Waals surface area contributed by atoms with Crippen molar-refractivity contribution in [1.29, 1.82) is 0 Å². The molecule has 5 nitrogen and oxygen atoms in total. The van der Waals surface area contributed by atoms with Gasteiger partial charge < -0.3 is 19.9 Å². The number of morpholine rings is 1. The van der Waals surface area contributed by atoms with E-state index in [4.69, 9.17) is 19.9 Å². The zero-order valence-corrected chi connectivity index (χ0v) is 13.4. The number of benzene rings is 1. The predicted molar refractivity (Wildman–Crippen MR) is 82.9 cm³/mol. The molecule has 1 heterocycles. The van der Waals surface area contributed by atoms with Crippen molar-refractivity contribution >= 4 is 0 Å². The lowest BCUT2D eigenvalue weighted by Gasteiger charge is -2.43. The average Bonchev–Trinajstić information content (AvgIpc) is 2.48. The SMILES string of the molecule is COc1ccc(C(N)CN2CCOCC2(C)C)cc1OC. The quantitative estimate of drug-likeness (QED) is 0.897. The molecule has 0 aromatic heterocycles. The van der Waals surface area contributed by atoms with Gasteiger partial charge >= 0.3 is 0 Å². The van der Waals surface area contributed by atoms with Gasteiger partial charge in [0.1, 0.15) is 0 Å². The summed E-state index contributed by atoms with van der Waals surface area (Å²) in [6.45, 7) is 7.59. The molecule has 0 spiro atoms. The van der Waals surface area contributed by atoms with Crippen molar-refractivity contribution in [2.24, 2.45) is 5.73 Å². The molecule has 2 N–H and O–H groups in total. The Morgan fingerprint density at radius 2 is 2.00 bits per heavy atom. The van der Waals surface area contributed by atoms with Crippen molar-refractivity contribution in [3.63, 3.8) is 0 Å². The summed E-state index contributed by atoms with van der Waals surface area (Å²) in [5.41, 5.74) is 7.45. The molecule has 1 unspecified atom stereocenters. The molecule has 0 saturated carbocycles. The smallest absolute Gasteiger partial charge is 0.161 e. The summed E-state index contributed by atoms with van der Waals surface area (Å²) in [5.74, 6) is 1.44. The van der Waals surface area contributed by atoms with Crippen LogP contribution < -0.4 is 15.2 Å². The maximum atomic E-state index is 6.38. The number of hydrogen-bond acceptors (Lipinski definition) is 5. The lowest BCUT2D eigenvalue weighted by molar-refractivity contribution is -0.0531. The molecule has 0 radical (unpaired) electrons. The van der Waals surface area contributed by atoms with Crippen molar-refractivity contribution in [2.75, 3.05) is 40.5 Å². The first kappa shape index (κ1) is 16.1. The van der Waals surface area contributed by atoms with Crippen LogP contribution in [-0.2, 0) is 4.74 Å². The number of nitrogens with zero attached hydrogens (tertiary/aromatic N) is 1. The largest absolute Gasteiger partial charge is 0.493 e. The van der Waals surface area contributed by atoms with E-state index in [0.29, 0.717) is 5.75 Å². The number of hydrogen-bond donors (Lipinski definition) is 1. The van der Waals surface area contributed by atoms with Gasteiger partial charge in [-0.3, -0.25) is 4.90 Å². The van der Waals surface area contributed by atoms with E-state index in [1.807, 2.05) is 18.2 Å². The molecule has 2 rings (SSSR count). The number of methoxy groups -OCH3 is 2. The first-order valence-corrected chi connectivity index (χ1v) is 7.28. The third-order valence-corrected chi connectivity index (χ3v) is 4.07. The first-order valence-electron chi connectivity index (χ1n) is 7.28. The third-order valence-electron chi connectivity index (χ3n) is 4.07. The minimum absolute atomic E-state index is 0.0203.